The second-order valence-corrected chi connectivity index (χ2v) is 9.04. The van der Waals surface area contributed by atoms with Crippen LogP contribution in [-0.2, 0) is 0 Å². The van der Waals surface area contributed by atoms with Gasteiger partial charge in [-0.1, -0.05) is 36.0 Å². The highest BCUT2D eigenvalue weighted by Gasteiger charge is 2.19. The lowest BCUT2D eigenvalue weighted by atomic mass is 10.0. The second-order valence-electron chi connectivity index (χ2n) is 8.06. The van der Waals surface area contributed by atoms with Gasteiger partial charge in [-0.05, 0) is 42.5 Å². The fraction of sp³-hybridized carbons (Fsp3) is 0.111. The minimum atomic E-state index is -0.862. The number of aromatic nitrogens is 3. The van der Waals surface area contributed by atoms with E-state index in [4.69, 9.17) is 9.15 Å². The molecule has 10 heteroatoms. The van der Waals surface area contributed by atoms with E-state index in [-0.39, 0.29) is 29.0 Å². The lowest BCUT2D eigenvalue weighted by Gasteiger charge is -2.13. The second kappa shape index (κ2) is 10.7. The molecule has 0 aliphatic heterocycles. The Morgan fingerprint density at radius 3 is 2.27 bits per heavy atom. The summed E-state index contributed by atoms with van der Waals surface area (Å²) in [5, 5.41) is 40.7. The van der Waals surface area contributed by atoms with E-state index in [9.17, 15) is 20.1 Å². The van der Waals surface area contributed by atoms with Gasteiger partial charge in [0.05, 0.1) is 6.10 Å². The molecule has 0 spiro atoms. The van der Waals surface area contributed by atoms with Crippen LogP contribution in [0.3, 0.4) is 0 Å². The lowest BCUT2D eigenvalue weighted by molar-refractivity contribution is 0.126. The highest BCUT2D eigenvalue weighted by atomic mass is 32.2. The molecule has 1 unspecified atom stereocenters. The third kappa shape index (κ3) is 5.55. The summed E-state index contributed by atoms with van der Waals surface area (Å²) in [5.41, 5.74) is 1.47. The fourth-order valence-electron chi connectivity index (χ4n) is 3.63. The van der Waals surface area contributed by atoms with Crippen LogP contribution < -0.4 is 10.4 Å². The number of nitrogens with zero attached hydrogens (tertiary/aromatic N) is 3. The zero-order valence-corrected chi connectivity index (χ0v) is 20.1. The summed E-state index contributed by atoms with van der Waals surface area (Å²) in [6, 6.07) is 21.5. The van der Waals surface area contributed by atoms with E-state index >= 15 is 0 Å². The number of para-hydroxylation sites is 2. The maximum absolute atomic E-state index is 11.4. The van der Waals surface area contributed by atoms with Gasteiger partial charge in [-0.3, -0.25) is 0 Å². The Bertz CT molecular complexity index is 1620. The number of aliphatic hydroxyl groups excluding tert-OH is 1. The molecule has 186 valence electrons. The minimum Gasteiger partial charge on any atom is -0.507 e. The van der Waals surface area contributed by atoms with Crippen LogP contribution in [0.5, 0.6) is 17.2 Å². The van der Waals surface area contributed by atoms with Gasteiger partial charge in [0.1, 0.15) is 40.8 Å². The standard InChI is InChI=1S/C27H21N3O6S/c31-17(14-35-18-11-9-16-10-12-24(34)36-23(16)13-18)15-37-27-28-25(19-5-1-3-7-21(19)32)26(29-30-27)20-6-2-4-8-22(20)33/h1-13,17,31-33H,14-15H2. The third-order valence-electron chi connectivity index (χ3n) is 5.43. The number of hydrogen-bond donors (Lipinski definition) is 3. The molecule has 5 aromatic rings. The molecule has 9 nitrogen and oxygen atoms in total. The first-order chi connectivity index (χ1) is 18.0. The summed E-state index contributed by atoms with van der Waals surface area (Å²) in [6.07, 6.45) is -0.862. The first-order valence-electron chi connectivity index (χ1n) is 11.3. The van der Waals surface area contributed by atoms with Crippen LogP contribution in [0.2, 0.25) is 0 Å². The first-order valence-corrected chi connectivity index (χ1v) is 12.3. The Morgan fingerprint density at radius 1 is 0.865 bits per heavy atom. The lowest BCUT2D eigenvalue weighted by Crippen LogP contribution is -2.20. The molecule has 3 aromatic carbocycles. The van der Waals surface area contributed by atoms with Crippen molar-refractivity contribution in [2.45, 2.75) is 11.3 Å². The quantitative estimate of drug-likeness (QED) is 0.203. The number of hydrogen-bond acceptors (Lipinski definition) is 10. The predicted octanol–water partition coefficient (Wildman–Crippen LogP) is 4.26. The molecule has 0 saturated carbocycles. The van der Waals surface area contributed by atoms with Crippen LogP contribution in [0.1, 0.15) is 0 Å². The normalized spacial score (nSPS) is 11.9. The van der Waals surface area contributed by atoms with Crippen molar-refractivity contribution in [3.63, 3.8) is 0 Å². The topological polar surface area (TPSA) is 139 Å². The van der Waals surface area contributed by atoms with Crippen molar-refractivity contribution in [2.75, 3.05) is 12.4 Å². The van der Waals surface area contributed by atoms with E-state index in [1.807, 2.05) is 0 Å². The van der Waals surface area contributed by atoms with Crippen molar-refractivity contribution in [1.82, 2.24) is 15.2 Å². The van der Waals surface area contributed by atoms with Crippen LogP contribution in [-0.4, -0.2) is 49.0 Å². The highest BCUT2D eigenvalue weighted by molar-refractivity contribution is 7.99. The molecule has 2 aromatic heterocycles. The zero-order chi connectivity index (χ0) is 25.8. The van der Waals surface area contributed by atoms with E-state index in [0.29, 0.717) is 33.8 Å². The van der Waals surface area contributed by atoms with Gasteiger partial charge in [-0.15, -0.1) is 10.2 Å². The number of benzene rings is 3. The number of fused-ring (bicyclic) bond motifs is 1. The average molecular weight is 516 g/mol. The van der Waals surface area contributed by atoms with Crippen molar-refractivity contribution in [3.05, 3.63) is 89.3 Å². The van der Waals surface area contributed by atoms with Crippen molar-refractivity contribution < 1.29 is 24.5 Å². The van der Waals surface area contributed by atoms with Crippen molar-refractivity contribution in [1.29, 1.82) is 0 Å². The molecule has 0 bridgehead atoms. The maximum atomic E-state index is 11.4. The van der Waals surface area contributed by atoms with Gasteiger partial charge in [-0.2, -0.15) is 0 Å². The molecular weight excluding hydrogens is 494 g/mol. The highest BCUT2D eigenvalue weighted by Crippen LogP contribution is 2.37. The van der Waals surface area contributed by atoms with Crippen LogP contribution in [0.15, 0.2) is 93.2 Å². The van der Waals surface area contributed by atoms with E-state index in [2.05, 4.69) is 15.2 Å². The minimum absolute atomic E-state index is 0.00863. The van der Waals surface area contributed by atoms with E-state index in [0.717, 1.165) is 5.39 Å². The molecule has 5 rings (SSSR count). The Kier molecular flexibility index (Phi) is 7.02. The molecule has 3 N–H and O–H groups in total. The maximum Gasteiger partial charge on any atom is 0.336 e. The molecule has 0 aliphatic carbocycles. The molecule has 37 heavy (non-hydrogen) atoms. The van der Waals surface area contributed by atoms with Crippen molar-refractivity contribution in [2.24, 2.45) is 0 Å². The van der Waals surface area contributed by atoms with Crippen LogP contribution >= 0.6 is 11.8 Å². The summed E-state index contributed by atoms with van der Waals surface area (Å²) in [4.78, 5) is 16.0. The van der Waals surface area contributed by atoms with Gasteiger partial charge in [0, 0.05) is 34.4 Å². The van der Waals surface area contributed by atoms with Crippen molar-refractivity contribution in [3.8, 4) is 39.8 Å². The van der Waals surface area contributed by atoms with Gasteiger partial charge in [-0.25, -0.2) is 9.78 Å². The molecular formula is C27H21N3O6S. The molecule has 0 radical (unpaired) electrons. The van der Waals surface area contributed by atoms with Crippen molar-refractivity contribution >= 4 is 22.7 Å². The fourth-order valence-corrected chi connectivity index (χ4v) is 4.32. The molecule has 0 amide bonds. The number of aromatic hydroxyl groups is 2. The Labute approximate surface area is 215 Å². The van der Waals surface area contributed by atoms with Gasteiger partial charge >= 0.3 is 5.63 Å². The van der Waals surface area contributed by atoms with Gasteiger partial charge in [0.15, 0.2) is 0 Å². The number of phenolic OH excluding ortho intramolecular Hbond substituents is 2. The third-order valence-corrected chi connectivity index (χ3v) is 6.41. The molecule has 0 saturated heterocycles. The van der Waals surface area contributed by atoms with Gasteiger partial charge in [0.2, 0.25) is 5.16 Å². The zero-order valence-electron chi connectivity index (χ0n) is 19.3. The molecule has 2 heterocycles. The van der Waals surface area contributed by atoms with Crippen LogP contribution in [0.25, 0.3) is 33.5 Å². The monoisotopic (exact) mass is 515 g/mol. The summed E-state index contributed by atoms with van der Waals surface area (Å²) in [6.45, 7) is -0.00863. The first kappa shape index (κ1) is 24.3. The average Bonchev–Trinajstić information content (AvgIpc) is 2.91. The van der Waals surface area contributed by atoms with Gasteiger partial charge in [0.25, 0.3) is 0 Å². The number of aliphatic hydroxyl groups is 1. The SMILES string of the molecule is O=c1ccc2ccc(OCC(O)CSc3nnc(-c4ccccc4O)c(-c4ccccc4O)n3)cc2o1. The van der Waals surface area contributed by atoms with Crippen LogP contribution in [0.4, 0.5) is 0 Å². The smallest absolute Gasteiger partial charge is 0.336 e. The number of rotatable bonds is 8. The molecule has 0 aliphatic rings. The summed E-state index contributed by atoms with van der Waals surface area (Å²) < 4.78 is 10.8. The van der Waals surface area contributed by atoms with Gasteiger partial charge < -0.3 is 24.5 Å². The van der Waals surface area contributed by atoms with E-state index < -0.39 is 11.7 Å². The largest absolute Gasteiger partial charge is 0.507 e. The summed E-state index contributed by atoms with van der Waals surface area (Å²) in [7, 11) is 0. The molecule has 1 atom stereocenters. The predicted molar refractivity (Wildman–Crippen MR) is 139 cm³/mol. The van der Waals surface area contributed by atoms with Crippen LogP contribution in [0, 0.1) is 0 Å². The Morgan fingerprint density at radius 2 is 1.54 bits per heavy atom. The number of ether oxygens (including phenoxy) is 1. The Hall–Kier alpha value is -4.41. The summed E-state index contributed by atoms with van der Waals surface area (Å²) in [5.74, 6) is 0.685. The number of thioether (sulfide) groups is 1. The Balaban J connectivity index is 1.32. The van der Waals surface area contributed by atoms with E-state index in [1.54, 1.807) is 60.7 Å². The summed E-state index contributed by atoms with van der Waals surface area (Å²) >= 11 is 1.17. The molecule has 0 fully saturated rings. The van der Waals surface area contributed by atoms with E-state index in [1.165, 1.54) is 30.0 Å². The number of phenols is 2.